The van der Waals surface area contributed by atoms with Crippen molar-refractivity contribution in [3.63, 3.8) is 0 Å². The summed E-state index contributed by atoms with van der Waals surface area (Å²) < 4.78 is 3.96. The first-order chi connectivity index (χ1) is 18.4. The van der Waals surface area contributed by atoms with Crippen LogP contribution >= 0.6 is 11.8 Å². The second kappa shape index (κ2) is 10.8. The highest BCUT2D eigenvalue weighted by molar-refractivity contribution is 7.99. The van der Waals surface area contributed by atoms with E-state index in [0.717, 1.165) is 49.3 Å². The molecule has 2 aromatic heterocycles. The molecule has 1 aliphatic heterocycles. The number of nitrogens with zero attached hydrogens (tertiary/aromatic N) is 7. The van der Waals surface area contributed by atoms with Gasteiger partial charge in [-0.25, -0.2) is 0 Å². The van der Waals surface area contributed by atoms with E-state index in [2.05, 4.69) is 71.5 Å². The molecule has 1 N–H and O–H groups in total. The molecule has 1 aliphatic rings. The van der Waals surface area contributed by atoms with Crippen LogP contribution in [0.25, 0.3) is 22.6 Å². The molecule has 5 rings (SSSR count). The number of aliphatic hydroxyl groups is 1. The van der Waals surface area contributed by atoms with Crippen molar-refractivity contribution in [3.8, 4) is 23.1 Å². The summed E-state index contributed by atoms with van der Waals surface area (Å²) in [4.78, 5) is 0. The van der Waals surface area contributed by atoms with Crippen molar-refractivity contribution < 1.29 is 5.11 Å². The molecule has 0 aliphatic carbocycles. The molecule has 0 radical (unpaired) electrons. The van der Waals surface area contributed by atoms with Crippen molar-refractivity contribution in [2.24, 2.45) is 0 Å². The summed E-state index contributed by atoms with van der Waals surface area (Å²) in [7, 11) is 0. The molecular weight excluding hydrogens is 494 g/mol. The molecule has 2 aromatic carbocycles. The minimum Gasteiger partial charge on any atom is -0.510 e. The zero-order valence-electron chi connectivity index (χ0n) is 21.9. The van der Waals surface area contributed by atoms with Crippen molar-refractivity contribution >= 4 is 17.3 Å². The number of thioether (sulfide) groups is 1. The smallest absolute Gasteiger partial charge is 0.196 e. The average molecular weight is 526 g/mol. The summed E-state index contributed by atoms with van der Waals surface area (Å²) in [5, 5.41) is 39.1. The third-order valence-electron chi connectivity index (χ3n) is 6.73. The van der Waals surface area contributed by atoms with Crippen LogP contribution in [-0.4, -0.2) is 40.4 Å². The number of fused-ring (bicyclic) bond motifs is 1. The number of aliphatic hydroxyl groups excluding tert-OH is 1. The number of nitriles is 1. The first kappa shape index (κ1) is 25.7. The highest BCUT2D eigenvalue weighted by atomic mass is 32.2. The average Bonchev–Trinajstić information content (AvgIpc) is 3.44. The van der Waals surface area contributed by atoms with Crippen LogP contribution in [0, 0.1) is 11.3 Å². The molecule has 9 heteroatoms. The molecule has 0 bridgehead atoms. The Labute approximate surface area is 227 Å². The van der Waals surface area contributed by atoms with E-state index in [1.807, 2.05) is 39.5 Å². The Kier molecular flexibility index (Phi) is 7.34. The molecule has 0 amide bonds. The van der Waals surface area contributed by atoms with Gasteiger partial charge in [0, 0.05) is 24.2 Å². The van der Waals surface area contributed by atoms with E-state index >= 15 is 0 Å². The third kappa shape index (κ3) is 5.22. The molecule has 4 aromatic rings. The SMILES string of the molecule is CC(C)(C)c1ccc(-c2nnc(SC/C(O)=C(\C#N)c3nnc4n3CCCCC4)n2-c2ccccc2)cc1. The molecule has 0 atom stereocenters. The van der Waals surface area contributed by atoms with Gasteiger partial charge in [-0.15, -0.1) is 20.4 Å². The van der Waals surface area contributed by atoms with Gasteiger partial charge in [-0.2, -0.15) is 5.26 Å². The standard InChI is InChI=1S/C29H31N7OS/c1-29(2,3)21-15-13-20(14-16-21)26-32-34-28(36(26)22-10-6-4-7-11-22)38-19-24(37)23(18-30)27-33-31-25-12-8-5-9-17-35(25)27/h4,6-7,10-11,13-16,37H,5,8-9,12,17,19H2,1-3H3/b24-23-. The summed E-state index contributed by atoms with van der Waals surface area (Å²) >= 11 is 1.33. The van der Waals surface area contributed by atoms with E-state index in [-0.39, 0.29) is 22.5 Å². The Morgan fingerprint density at radius 3 is 2.45 bits per heavy atom. The van der Waals surface area contributed by atoms with Crippen LogP contribution in [0.2, 0.25) is 0 Å². The Balaban J connectivity index is 1.47. The van der Waals surface area contributed by atoms with Gasteiger partial charge in [0.25, 0.3) is 0 Å². The normalized spacial score (nSPS) is 14.4. The van der Waals surface area contributed by atoms with Crippen LogP contribution in [0.4, 0.5) is 0 Å². The fourth-order valence-corrected chi connectivity index (χ4v) is 5.43. The van der Waals surface area contributed by atoms with Crippen molar-refractivity contribution in [2.75, 3.05) is 5.75 Å². The number of aryl methyl sites for hydroxylation is 1. The van der Waals surface area contributed by atoms with Crippen molar-refractivity contribution in [2.45, 2.75) is 63.6 Å². The third-order valence-corrected chi connectivity index (χ3v) is 7.67. The Morgan fingerprint density at radius 2 is 1.74 bits per heavy atom. The zero-order chi connectivity index (χ0) is 26.7. The monoisotopic (exact) mass is 525 g/mol. The van der Waals surface area contributed by atoms with E-state index in [1.54, 1.807) is 0 Å². The van der Waals surface area contributed by atoms with Crippen molar-refractivity contribution in [3.05, 3.63) is 77.6 Å². The van der Waals surface area contributed by atoms with Crippen LogP contribution in [0.1, 0.15) is 57.2 Å². The number of benzene rings is 2. The number of aromatic nitrogens is 6. The van der Waals surface area contributed by atoms with Gasteiger partial charge in [-0.3, -0.25) is 4.57 Å². The van der Waals surface area contributed by atoms with Crippen molar-refractivity contribution in [1.29, 1.82) is 5.26 Å². The lowest BCUT2D eigenvalue weighted by atomic mass is 9.87. The van der Waals surface area contributed by atoms with E-state index in [1.165, 1.54) is 17.3 Å². The van der Waals surface area contributed by atoms with Crippen LogP contribution in [0.15, 0.2) is 65.5 Å². The maximum absolute atomic E-state index is 11.0. The fourth-order valence-electron chi connectivity index (χ4n) is 4.60. The second-order valence-corrected chi connectivity index (χ2v) is 11.4. The molecule has 3 heterocycles. The number of allylic oxidation sites excluding steroid dienone is 1. The minimum atomic E-state index is -0.0457. The molecule has 0 spiro atoms. The van der Waals surface area contributed by atoms with Crippen LogP contribution in [0.3, 0.4) is 0 Å². The van der Waals surface area contributed by atoms with Gasteiger partial charge in [-0.05, 0) is 36.0 Å². The summed E-state index contributed by atoms with van der Waals surface area (Å²) in [5.41, 5.74) is 3.32. The highest BCUT2D eigenvalue weighted by Crippen LogP contribution is 2.31. The topological polar surface area (TPSA) is 105 Å². The maximum Gasteiger partial charge on any atom is 0.196 e. The lowest BCUT2D eigenvalue weighted by Crippen LogP contribution is -2.10. The lowest BCUT2D eigenvalue weighted by molar-refractivity contribution is 0.419. The molecule has 0 unspecified atom stereocenters. The number of hydrogen-bond donors (Lipinski definition) is 1. The number of rotatable bonds is 6. The van der Waals surface area contributed by atoms with E-state index < -0.39 is 0 Å². The van der Waals surface area contributed by atoms with Crippen LogP contribution in [-0.2, 0) is 18.4 Å². The highest BCUT2D eigenvalue weighted by Gasteiger charge is 2.22. The molecular formula is C29H31N7OS. The zero-order valence-corrected chi connectivity index (χ0v) is 22.7. The Hall–Kier alpha value is -3.90. The maximum atomic E-state index is 11.0. The predicted octanol–water partition coefficient (Wildman–Crippen LogP) is 6.13. The Morgan fingerprint density at radius 1 is 0.974 bits per heavy atom. The molecule has 38 heavy (non-hydrogen) atoms. The van der Waals surface area contributed by atoms with Crippen molar-refractivity contribution in [1.82, 2.24) is 29.5 Å². The van der Waals surface area contributed by atoms with Gasteiger partial charge in [0.2, 0.25) is 0 Å². The lowest BCUT2D eigenvalue weighted by Gasteiger charge is -2.19. The predicted molar refractivity (Wildman–Crippen MR) is 149 cm³/mol. The second-order valence-electron chi connectivity index (χ2n) is 10.4. The van der Waals surface area contributed by atoms with Gasteiger partial charge in [0.15, 0.2) is 16.8 Å². The number of para-hydroxylation sites is 1. The number of hydrogen-bond acceptors (Lipinski definition) is 7. The van der Waals surface area contributed by atoms with Gasteiger partial charge in [0.1, 0.15) is 23.2 Å². The van der Waals surface area contributed by atoms with Gasteiger partial charge >= 0.3 is 0 Å². The molecule has 0 saturated heterocycles. The molecule has 0 saturated carbocycles. The van der Waals surface area contributed by atoms with Gasteiger partial charge in [-0.1, -0.05) is 81.4 Å². The molecule has 194 valence electrons. The first-order valence-electron chi connectivity index (χ1n) is 12.9. The van der Waals surface area contributed by atoms with Gasteiger partial charge in [0.05, 0.1) is 5.75 Å². The fraction of sp³-hybridized carbons (Fsp3) is 0.345. The van der Waals surface area contributed by atoms with E-state index in [4.69, 9.17) is 0 Å². The molecule has 8 nitrogen and oxygen atoms in total. The van der Waals surface area contributed by atoms with E-state index in [0.29, 0.717) is 16.8 Å². The van der Waals surface area contributed by atoms with Gasteiger partial charge < -0.3 is 9.67 Å². The van der Waals surface area contributed by atoms with E-state index in [9.17, 15) is 10.4 Å². The minimum absolute atomic E-state index is 0.0457. The summed E-state index contributed by atoms with van der Waals surface area (Å²) in [6.07, 6.45) is 4.02. The summed E-state index contributed by atoms with van der Waals surface area (Å²) in [6.45, 7) is 7.32. The molecule has 0 fully saturated rings. The van der Waals surface area contributed by atoms with Crippen LogP contribution in [0.5, 0.6) is 0 Å². The summed E-state index contributed by atoms with van der Waals surface area (Å²) in [6, 6.07) is 20.5. The quantitative estimate of drug-likeness (QED) is 0.183. The van der Waals surface area contributed by atoms with Crippen LogP contribution < -0.4 is 0 Å². The first-order valence-corrected chi connectivity index (χ1v) is 13.8. The summed E-state index contributed by atoms with van der Waals surface area (Å²) in [5.74, 6) is 2.13. The largest absolute Gasteiger partial charge is 0.510 e. The Bertz CT molecular complexity index is 1490.